The minimum atomic E-state index is -0.298. The molecule has 1 amide bonds. The Hall–Kier alpha value is -1.75. The summed E-state index contributed by atoms with van der Waals surface area (Å²) in [5.74, 6) is 0.693. The Bertz CT molecular complexity index is 391. The van der Waals surface area contributed by atoms with Crippen LogP contribution in [0.3, 0.4) is 0 Å². The average molecular weight is 267 g/mol. The van der Waals surface area contributed by atoms with Gasteiger partial charge in [0.2, 0.25) is 0 Å². The van der Waals surface area contributed by atoms with Crippen molar-refractivity contribution in [2.24, 2.45) is 0 Å². The molecule has 0 saturated carbocycles. The Morgan fingerprint density at radius 1 is 1.26 bits per heavy atom. The number of carbonyl (C=O) groups is 1. The molecule has 1 aromatic rings. The monoisotopic (exact) mass is 267 g/mol. The quantitative estimate of drug-likeness (QED) is 0.713. The lowest BCUT2D eigenvalue weighted by atomic mass is 10.2. The summed E-state index contributed by atoms with van der Waals surface area (Å²) in [7, 11) is 1.57. The Morgan fingerprint density at radius 3 is 2.63 bits per heavy atom. The summed E-state index contributed by atoms with van der Waals surface area (Å²) in [6.45, 7) is 5.56. The van der Waals surface area contributed by atoms with Crippen molar-refractivity contribution in [3.63, 3.8) is 0 Å². The molecule has 0 aromatic heterocycles. The van der Waals surface area contributed by atoms with E-state index in [9.17, 15) is 4.79 Å². The molecule has 0 unspecified atom stereocenters. The number of ether oxygens (including phenoxy) is 3. The van der Waals surface area contributed by atoms with Gasteiger partial charge >= 0.3 is 6.09 Å². The van der Waals surface area contributed by atoms with Crippen LogP contribution in [0.25, 0.3) is 0 Å². The molecular formula is C14H21NO4. The molecule has 1 aromatic carbocycles. The van der Waals surface area contributed by atoms with Crippen LogP contribution in [0.2, 0.25) is 0 Å². The molecule has 0 N–H and O–H groups in total. The molecule has 0 saturated heterocycles. The van der Waals surface area contributed by atoms with Crippen LogP contribution in [0, 0.1) is 0 Å². The summed E-state index contributed by atoms with van der Waals surface area (Å²) in [6, 6.07) is 7.39. The zero-order chi connectivity index (χ0) is 14.1. The number of hydrogen-bond donors (Lipinski definition) is 0. The largest absolute Gasteiger partial charge is 0.468 e. The Morgan fingerprint density at radius 2 is 2.00 bits per heavy atom. The highest BCUT2D eigenvalue weighted by Gasteiger charge is 2.10. The van der Waals surface area contributed by atoms with Crippen molar-refractivity contribution in [2.45, 2.75) is 20.5 Å². The number of hydrogen-bond acceptors (Lipinski definition) is 4. The molecule has 0 aliphatic carbocycles. The van der Waals surface area contributed by atoms with Gasteiger partial charge in [-0.05, 0) is 31.5 Å². The number of benzene rings is 1. The molecule has 0 bridgehead atoms. The van der Waals surface area contributed by atoms with Gasteiger partial charge in [0.25, 0.3) is 0 Å². The maximum Gasteiger partial charge on any atom is 0.410 e. The molecule has 0 fully saturated rings. The fraction of sp³-hybridized carbons (Fsp3) is 0.500. The molecule has 0 aliphatic heterocycles. The predicted octanol–water partition coefficient (Wildman–Crippen LogP) is 2.65. The predicted molar refractivity (Wildman–Crippen MR) is 72.1 cm³/mol. The third-order valence-electron chi connectivity index (χ3n) is 2.63. The van der Waals surface area contributed by atoms with E-state index in [0.29, 0.717) is 18.8 Å². The molecule has 5 nitrogen and oxygen atoms in total. The van der Waals surface area contributed by atoms with E-state index in [2.05, 4.69) is 0 Å². The molecule has 1 rings (SSSR count). The average Bonchev–Trinajstić information content (AvgIpc) is 2.44. The number of nitrogens with zero attached hydrogens (tertiary/aromatic N) is 1. The van der Waals surface area contributed by atoms with Gasteiger partial charge in [-0.25, -0.2) is 4.79 Å². The third kappa shape index (κ3) is 5.18. The van der Waals surface area contributed by atoms with E-state index in [1.165, 1.54) is 0 Å². The molecular weight excluding hydrogens is 246 g/mol. The molecule has 19 heavy (non-hydrogen) atoms. The zero-order valence-electron chi connectivity index (χ0n) is 11.7. The second-order valence-corrected chi connectivity index (χ2v) is 3.93. The maximum atomic E-state index is 11.7. The first-order valence-corrected chi connectivity index (χ1v) is 6.33. The first-order valence-electron chi connectivity index (χ1n) is 6.33. The van der Waals surface area contributed by atoms with Crippen LogP contribution < -0.4 is 4.74 Å². The lowest BCUT2D eigenvalue weighted by Gasteiger charge is -2.18. The molecule has 0 spiro atoms. The first kappa shape index (κ1) is 15.3. The molecule has 5 heteroatoms. The summed E-state index contributed by atoms with van der Waals surface area (Å²) in [5.41, 5.74) is 0.883. The van der Waals surface area contributed by atoms with Crippen molar-refractivity contribution >= 4 is 6.09 Å². The van der Waals surface area contributed by atoms with E-state index < -0.39 is 0 Å². The minimum absolute atomic E-state index is 0.197. The molecule has 0 radical (unpaired) electrons. The van der Waals surface area contributed by atoms with Crippen LogP contribution in [0.15, 0.2) is 24.3 Å². The Labute approximate surface area is 114 Å². The van der Waals surface area contributed by atoms with E-state index >= 15 is 0 Å². The van der Waals surface area contributed by atoms with Gasteiger partial charge in [-0.1, -0.05) is 12.1 Å². The van der Waals surface area contributed by atoms with E-state index in [0.717, 1.165) is 5.56 Å². The first-order chi connectivity index (χ1) is 9.21. The number of rotatable bonds is 7. The highest BCUT2D eigenvalue weighted by atomic mass is 16.7. The van der Waals surface area contributed by atoms with Gasteiger partial charge in [0.15, 0.2) is 6.79 Å². The van der Waals surface area contributed by atoms with Gasteiger partial charge in [-0.2, -0.15) is 0 Å². The van der Waals surface area contributed by atoms with E-state index in [-0.39, 0.29) is 19.5 Å². The van der Waals surface area contributed by atoms with Crippen LogP contribution in [0.1, 0.15) is 19.4 Å². The molecule has 0 aliphatic rings. The second-order valence-electron chi connectivity index (χ2n) is 3.93. The molecule has 0 atom stereocenters. The SMILES string of the molecule is CCN(CC)C(=O)OCc1cccc(OCOC)c1. The maximum absolute atomic E-state index is 11.7. The van der Waals surface area contributed by atoms with Gasteiger partial charge < -0.3 is 19.1 Å². The second kappa shape index (κ2) is 8.37. The highest BCUT2D eigenvalue weighted by molar-refractivity contribution is 5.67. The number of carbonyl (C=O) groups excluding carboxylic acids is 1. The Balaban J connectivity index is 2.50. The van der Waals surface area contributed by atoms with Crippen LogP contribution in [0.4, 0.5) is 4.79 Å². The Kier molecular flexibility index (Phi) is 6.74. The zero-order valence-corrected chi connectivity index (χ0v) is 11.7. The van der Waals surface area contributed by atoms with E-state index in [4.69, 9.17) is 14.2 Å². The fourth-order valence-electron chi connectivity index (χ4n) is 1.57. The van der Waals surface area contributed by atoms with E-state index in [1.807, 2.05) is 38.1 Å². The van der Waals surface area contributed by atoms with Gasteiger partial charge in [0, 0.05) is 20.2 Å². The number of methoxy groups -OCH3 is 1. The summed E-state index contributed by atoms with van der Waals surface area (Å²) in [4.78, 5) is 13.3. The topological polar surface area (TPSA) is 48.0 Å². The van der Waals surface area contributed by atoms with Gasteiger partial charge in [0.1, 0.15) is 12.4 Å². The third-order valence-corrected chi connectivity index (χ3v) is 2.63. The van der Waals surface area contributed by atoms with Crippen molar-refractivity contribution in [3.05, 3.63) is 29.8 Å². The van der Waals surface area contributed by atoms with Crippen molar-refractivity contribution in [2.75, 3.05) is 27.0 Å². The van der Waals surface area contributed by atoms with Crippen molar-refractivity contribution in [1.29, 1.82) is 0 Å². The summed E-state index contributed by atoms with van der Waals surface area (Å²) >= 11 is 0. The summed E-state index contributed by atoms with van der Waals surface area (Å²) < 4.78 is 15.4. The van der Waals surface area contributed by atoms with Gasteiger partial charge in [-0.3, -0.25) is 0 Å². The van der Waals surface area contributed by atoms with Gasteiger partial charge in [0.05, 0.1) is 0 Å². The van der Waals surface area contributed by atoms with Crippen LogP contribution in [-0.4, -0.2) is 38.0 Å². The highest BCUT2D eigenvalue weighted by Crippen LogP contribution is 2.14. The normalized spacial score (nSPS) is 10.1. The van der Waals surface area contributed by atoms with Gasteiger partial charge in [-0.15, -0.1) is 0 Å². The lowest BCUT2D eigenvalue weighted by Crippen LogP contribution is -2.30. The molecule has 0 heterocycles. The van der Waals surface area contributed by atoms with Crippen LogP contribution in [0.5, 0.6) is 5.75 Å². The summed E-state index contributed by atoms with van der Waals surface area (Å²) in [6.07, 6.45) is -0.298. The standard InChI is InChI=1S/C14H21NO4/c1-4-15(5-2)14(16)18-10-12-7-6-8-13(9-12)19-11-17-3/h6-9H,4-5,10-11H2,1-3H3. The van der Waals surface area contributed by atoms with E-state index in [1.54, 1.807) is 12.0 Å². The van der Waals surface area contributed by atoms with Crippen molar-refractivity contribution < 1.29 is 19.0 Å². The van der Waals surface area contributed by atoms with Crippen LogP contribution in [-0.2, 0) is 16.1 Å². The smallest absolute Gasteiger partial charge is 0.410 e. The number of amides is 1. The van der Waals surface area contributed by atoms with Crippen molar-refractivity contribution in [1.82, 2.24) is 4.90 Å². The lowest BCUT2D eigenvalue weighted by molar-refractivity contribution is 0.0508. The summed E-state index contributed by atoms with van der Waals surface area (Å²) in [5, 5.41) is 0. The molecule has 106 valence electrons. The fourth-order valence-corrected chi connectivity index (χ4v) is 1.57. The minimum Gasteiger partial charge on any atom is -0.468 e. The van der Waals surface area contributed by atoms with Crippen LogP contribution >= 0.6 is 0 Å². The van der Waals surface area contributed by atoms with Crippen molar-refractivity contribution in [3.8, 4) is 5.75 Å².